The molecule has 2 aromatic rings. The van der Waals surface area contributed by atoms with Gasteiger partial charge in [-0.15, -0.1) is 11.3 Å². The summed E-state index contributed by atoms with van der Waals surface area (Å²) in [5.74, 6) is 0.728. The topological polar surface area (TPSA) is 55.2 Å². The molecule has 2 rings (SSSR count). The first-order valence-corrected chi connectivity index (χ1v) is 5.92. The van der Waals surface area contributed by atoms with E-state index in [1.54, 1.807) is 11.6 Å². The third kappa shape index (κ3) is 2.30. The van der Waals surface area contributed by atoms with E-state index < -0.39 is 0 Å². The minimum atomic E-state index is 0.0205. The monoisotopic (exact) mass is 236 g/mol. The van der Waals surface area contributed by atoms with Crippen LogP contribution in [0.5, 0.6) is 11.6 Å². The van der Waals surface area contributed by atoms with E-state index in [0.29, 0.717) is 23.1 Å². The Bertz CT molecular complexity index is 471. The predicted molar refractivity (Wildman–Crippen MR) is 62.8 cm³/mol. The second-order valence-electron chi connectivity index (χ2n) is 3.21. The first-order chi connectivity index (χ1) is 7.81. The van der Waals surface area contributed by atoms with E-state index in [1.807, 2.05) is 19.1 Å². The van der Waals surface area contributed by atoms with Crippen molar-refractivity contribution in [2.45, 2.75) is 13.3 Å². The van der Waals surface area contributed by atoms with Crippen LogP contribution in [-0.4, -0.2) is 21.7 Å². The van der Waals surface area contributed by atoms with Crippen molar-refractivity contribution in [3.63, 3.8) is 0 Å². The molecule has 0 spiro atoms. The lowest BCUT2D eigenvalue weighted by Gasteiger charge is -2.07. The fraction of sp³-hybridized carbons (Fsp3) is 0.273. The standard InChI is InChI=1S/C11H12N2O2S/c1-2-6-15-8-4-3-5-12-10(8)11-13-9(14)7-16-11/h3-5,7,14H,2,6H2,1H3. The van der Waals surface area contributed by atoms with Gasteiger partial charge in [-0.25, -0.2) is 9.97 Å². The highest BCUT2D eigenvalue weighted by molar-refractivity contribution is 7.13. The van der Waals surface area contributed by atoms with Crippen LogP contribution in [0.1, 0.15) is 13.3 Å². The molecule has 2 heterocycles. The third-order valence-corrected chi connectivity index (χ3v) is 2.76. The molecule has 16 heavy (non-hydrogen) atoms. The van der Waals surface area contributed by atoms with Gasteiger partial charge in [0.2, 0.25) is 5.88 Å². The van der Waals surface area contributed by atoms with Crippen LogP contribution in [0.2, 0.25) is 0 Å². The van der Waals surface area contributed by atoms with Gasteiger partial charge >= 0.3 is 0 Å². The van der Waals surface area contributed by atoms with Gasteiger partial charge < -0.3 is 9.84 Å². The van der Waals surface area contributed by atoms with E-state index >= 15 is 0 Å². The van der Waals surface area contributed by atoms with Gasteiger partial charge in [-0.05, 0) is 18.6 Å². The third-order valence-electron chi connectivity index (χ3n) is 1.93. The minimum absolute atomic E-state index is 0.0205. The van der Waals surface area contributed by atoms with E-state index in [1.165, 1.54) is 11.3 Å². The van der Waals surface area contributed by atoms with Crippen LogP contribution in [0.25, 0.3) is 10.7 Å². The Morgan fingerprint density at radius 1 is 1.50 bits per heavy atom. The van der Waals surface area contributed by atoms with E-state index in [0.717, 1.165) is 6.42 Å². The average Bonchev–Trinajstić information content (AvgIpc) is 2.73. The molecule has 0 aliphatic carbocycles. The molecule has 0 atom stereocenters. The van der Waals surface area contributed by atoms with Crippen molar-refractivity contribution in [2.75, 3.05) is 6.61 Å². The average molecular weight is 236 g/mol. The number of thiazole rings is 1. The molecule has 84 valence electrons. The summed E-state index contributed by atoms with van der Waals surface area (Å²) in [4.78, 5) is 8.21. The number of ether oxygens (including phenoxy) is 1. The highest BCUT2D eigenvalue weighted by atomic mass is 32.1. The second kappa shape index (κ2) is 4.94. The zero-order chi connectivity index (χ0) is 11.4. The summed E-state index contributed by atoms with van der Waals surface area (Å²) in [6, 6.07) is 3.68. The second-order valence-corrected chi connectivity index (χ2v) is 4.07. The maximum Gasteiger partial charge on any atom is 0.222 e. The van der Waals surface area contributed by atoms with Crippen molar-refractivity contribution in [3.8, 4) is 22.3 Å². The van der Waals surface area contributed by atoms with Crippen LogP contribution in [0, 0.1) is 0 Å². The Morgan fingerprint density at radius 2 is 2.38 bits per heavy atom. The Hall–Kier alpha value is -1.62. The number of nitrogens with zero attached hydrogens (tertiary/aromatic N) is 2. The lowest BCUT2D eigenvalue weighted by molar-refractivity contribution is 0.317. The van der Waals surface area contributed by atoms with Crippen molar-refractivity contribution in [3.05, 3.63) is 23.7 Å². The van der Waals surface area contributed by atoms with Gasteiger partial charge in [0.15, 0.2) is 0 Å². The maximum absolute atomic E-state index is 9.21. The number of rotatable bonds is 4. The van der Waals surface area contributed by atoms with Gasteiger partial charge in [-0.1, -0.05) is 6.92 Å². The van der Waals surface area contributed by atoms with Gasteiger partial charge in [-0.3, -0.25) is 0 Å². The van der Waals surface area contributed by atoms with Crippen LogP contribution in [-0.2, 0) is 0 Å². The van der Waals surface area contributed by atoms with Crippen molar-refractivity contribution < 1.29 is 9.84 Å². The van der Waals surface area contributed by atoms with E-state index in [4.69, 9.17) is 4.74 Å². The number of aromatic hydroxyl groups is 1. The number of pyridine rings is 1. The van der Waals surface area contributed by atoms with Crippen LogP contribution in [0.15, 0.2) is 23.7 Å². The number of hydrogen-bond acceptors (Lipinski definition) is 5. The summed E-state index contributed by atoms with van der Waals surface area (Å²) in [6.07, 6.45) is 2.63. The summed E-state index contributed by atoms with van der Waals surface area (Å²) in [7, 11) is 0. The highest BCUT2D eigenvalue weighted by Crippen LogP contribution is 2.31. The van der Waals surface area contributed by atoms with Crippen molar-refractivity contribution >= 4 is 11.3 Å². The van der Waals surface area contributed by atoms with Gasteiger partial charge in [-0.2, -0.15) is 0 Å². The first kappa shape index (κ1) is 10.9. The molecule has 0 radical (unpaired) electrons. The summed E-state index contributed by atoms with van der Waals surface area (Å²) in [5, 5.41) is 11.5. The molecule has 0 saturated carbocycles. The van der Waals surface area contributed by atoms with E-state index in [9.17, 15) is 5.11 Å². The summed E-state index contributed by atoms with van der Waals surface area (Å²) < 4.78 is 5.57. The molecular formula is C11H12N2O2S. The molecule has 2 aromatic heterocycles. The molecule has 1 N–H and O–H groups in total. The quantitative estimate of drug-likeness (QED) is 0.886. The van der Waals surface area contributed by atoms with Crippen LogP contribution in [0.3, 0.4) is 0 Å². The molecule has 0 aromatic carbocycles. The lowest BCUT2D eigenvalue weighted by Crippen LogP contribution is -1.97. The van der Waals surface area contributed by atoms with Crippen molar-refractivity contribution in [2.24, 2.45) is 0 Å². The Balaban J connectivity index is 2.32. The summed E-state index contributed by atoms with van der Waals surface area (Å²) in [6.45, 7) is 2.70. The summed E-state index contributed by atoms with van der Waals surface area (Å²) in [5.41, 5.74) is 0.682. The fourth-order valence-electron chi connectivity index (χ4n) is 1.25. The predicted octanol–water partition coefficient (Wildman–Crippen LogP) is 2.70. The van der Waals surface area contributed by atoms with Crippen LogP contribution < -0.4 is 4.74 Å². The summed E-state index contributed by atoms with van der Waals surface area (Å²) >= 11 is 1.35. The molecule has 0 bridgehead atoms. The van der Waals surface area contributed by atoms with Gasteiger partial charge in [0.1, 0.15) is 16.5 Å². The van der Waals surface area contributed by atoms with Crippen LogP contribution in [0.4, 0.5) is 0 Å². The van der Waals surface area contributed by atoms with E-state index in [2.05, 4.69) is 9.97 Å². The smallest absolute Gasteiger partial charge is 0.222 e. The normalized spacial score (nSPS) is 10.3. The van der Waals surface area contributed by atoms with Gasteiger partial charge in [0.05, 0.1) is 12.0 Å². The number of aromatic nitrogens is 2. The van der Waals surface area contributed by atoms with Crippen molar-refractivity contribution in [1.82, 2.24) is 9.97 Å². The Labute approximate surface area is 97.6 Å². The molecule has 0 unspecified atom stereocenters. The zero-order valence-corrected chi connectivity index (χ0v) is 9.70. The van der Waals surface area contributed by atoms with Crippen molar-refractivity contribution in [1.29, 1.82) is 0 Å². The Morgan fingerprint density at radius 3 is 3.06 bits per heavy atom. The minimum Gasteiger partial charge on any atom is -0.493 e. The maximum atomic E-state index is 9.21. The van der Waals surface area contributed by atoms with E-state index in [-0.39, 0.29) is 5.88 Å². The van der Waals surface area contributed by atoms with Gasteiger partial charge in [0.25, 0.3) is 0 Å². The zero-order valence-electron chi connectivity index (χ0n) is 8.88. The Kier molecular flexibility index (Phi) is 3.36. The SMILES string of the molecule is CCCOc1cccnc1-c1nc(O)cs1. The molecule has 5 heteroatoms. The molecule has 4 nitrogen and oxygen atoms in total. The molecule has 0 fully saturated rings. The van der Waals surface area contributed by atoms with Gasteiger partial charge in [0, 0.05) is 6.20 Å². The largest absolute Gasteiger partial charge is 0.493 e. The van der Waals surface area contributed by atoms with Crippen LogP contribution >= 0.6 is 11.3 Å². The molecule has 0 aliphatic rings. The molecular weight excluding hydrogens is 224 g/mol. The molecule has 0 amide bonds. The number of hydrogen-bond donors (Lipinski definition) is 1. The molecule has 0 saturated heterocycles. The fourth-order valence-corrected chi connectivity index (χ4v) is 1.93. The lowest BCUT2D eigenvalue weighted by atomic mass is 10.3. The molecule has 0 aliphatic heterocycles. The first-order valence-electron chi connectivity index (χ1n) is 5.04. The highest BCUT2D eigenvalue weighted by Gasteiger charge is 2.11.